The maximum absolute atomic E-state index is 13.7. The Balaban J connectivity index is 1.78. The molecular weight excluding hydrogens is 418 g/mol. The van der Waals surface area contributed by atoms with E-state index >= 15 is 0 Å². The van der Waals surface area contributed by atoms with Crippen molar-refractivity contribution < 1.29 is 19.1 Å². The van der Waals surface area contributed by atoms with E-state index in [1.54, 1.807) is 24.0 Å². The number of pyridine rings is 1. The SMILES string of the molecule is COc1cc(C(=O)N2c3ccccc3[C@H](N(C(C)=O)c3ccccc3)C[C@@H]2C)cc(OC)n1. The Labute approximate surface area is 193 Å². The largest absolute Gasteiger partial charge is 0.481 e. The van der Waals surface area contributed by atoms with E-state index < -0.39 is 0 Å². The van der Waals surface area contributed by atoms with Crippen molar-refractivity contribution >= 4 is 23.2 Å². The average molecular weight is 446 g/mol. The quantitative estimate of drug-likeness (QED) is 0.573. The molecule has 0 bridgehead atoms. The van der Waals surface area contributed by atoms with E-state index in [2.05, 4.69) is 4.98 Å². The van der Waals surface area contributed by atoms with E-state index in [4.69, 9.17) is 9.47 Å². The number of para-hydroxylation sites is 2. The van der Waals surface area contributed by atoms with Gasteiger partial charge in [0, 0.05) is 36.5 Å². The van der Waals surface area contributed by atoms with Crippen LogP contribution in [0.1, 0.15) is 42.2 Å². The maximum Gasteiger partial charge on any atom is 0.258 e. The molecule has 2 heterocycles. The van der Waals surface area contributed by atoms with Crippen molar-refractivity contribution in [3.63, 3.8) is 0 Å². The summed E-state index contributed by atoms with van der Waals surface area (Å²) in [6, 6.07) is 20.3. The minimum absolute atomic E-state index is 0.0448. The van der Waals surface area contributed by atoms with Crippen LogP contribution in [0.15, 0.2) is 66.7 Å². The second-order valence-electron chi connectivity index (χ2n) is 8.00. The van der Waals surface area contributed by atoms with Gasteiger partial charge in [0.1, 0.15) is 0 Å². The van der Waals surface area contributed by atoms with E-state index in [1.165, 1.54) is 14.2 Å². The van der Waals surface area contributed by atoms with Gasteiger partial charge in [-0.25, -0.2) is 0 Å². The smallest absolute Gasteiger partial charge is 0.258 e. The third-order valence-electron chi connectivity index (χ3n) is 5.91. The zero-order chi connectivity index (χ0) is 23.5. The molecule has 0 saturated heterocycles. The average Bonchev–Trinajstić information content (AvgIpc) is 2.84. The van der Waals surface area contributed by atoms with Gasteiger partial charge >= 0.3 is 0 Å². The van der Waals surface area contributed by atoms with Crippen LogP contribution in [0.4, 0.5) is 11.4 Å². The minimum atomic E-state index is -0.193. The standard InChI is InChI=1S/C26H27N3O4/c1-17-14-23(29(18(2)30)20-10-6-5-7-11-20)21-12-8-9-13-22(21)28(17)26(31)19-15-24(32-3)27-25(16-19)33-4/h5-13,15-17,23H,14H2,1-4H3/t17-,23+/m0/s1. The van der Waals surface area contributed by atoms with Crippen LogP contribution in [-0.2, 0) is 4.79 Å². The molecule has 2 amide bonds. The van der Waals surface area contributed by atoms with Crippen LogP contribution in [0, 0.1) is 0 Å². The number of carbonyl (C=O) groups excluding carboxylic acids is 2. The molecule has 0 radical (unpaired) electrons. The van der Waals surface area contributed by atoms with Crippen molar-refractivity contribution in [3.05, 3.63) is 77.9 Å². The van der Waals surface area contributed by atoms with Crippen LogP contribution >= 0.6 is 0 Å². The Morgan fingerprint density at radius 3 is 2.18 bits per heavy atom. The molecule has 3 aromatic rings. The number of ether oxygens (including phenoxy) is 2. The number of anilines is 2. The van der Waals surface area contributed by atoms with Gasteiger partial charge in [-0.15, -0.1) is 0 Å². The molecule has 0 spiro atoms. The van der Waals surface area contributed by atoms with Crippen LogP contribution in [0.5, 0.6) is 11.8 Å². The molecule has 7 nitrogen and oxygen atoms in total. The summed E-state index contributed by atoms with van der Waals surface area (Å²) in [4.78, 5) is 34.2. The molecule has 1 aliphatic heterocycles. The number of carbonyl (C=O) groups is 2. The van der Waals surface area contributed by atoms with Crippen LogP contribution < -0.4 is 19.3 Å². The number of methoxy groups -OCH3 is 2. The highest BCUT2D eigenvalue weighted by Crippen LogP contribution is 2.42. The van der Waals surface area contributed by atoms with E-state index in [1.807, 2.05) is 66.4 Å². The second kappa shape index (κ2) is 9.32. The first-order valence-electron chi connectivity index (χ1n) is 10.8. The Hall–Kier alpha value is -3.87. The summed E-state index contributed by atoms with van der Waals surface area (Å²) < 4.78 is 10.5. The van der Waals surface area contributed by atoms with Gasteiger partial charge in [0.2, 0.25) is 17.7 Å². The Bertz CT molecular complexity index is 1140. The zero-order valence-corrected chi connectivity index (χ0v) is 19.2. The van der Waals surface area contributed by atoms with Gasteiger partial charge in [-0.1, -0.05) is 36.4 Å². The highest BCUT2D eigenvalue weighted by atomic mass is 16.5. The van der Waals surface area contributed by atoms with Gasteiger partial charge in [-0.05, 0) is 37.1 Å². The lowest BCUT2D eigenvalue weighted by molar-refractivity contribution is -0.117. The van der Waals surface area contributed by atoms with Crippen LogP contribution in [-0.4, -0.2) is 37.1 Å². The second-order valence-corrected chi connectivity index (χ2v) is 8.00. The Kier molecular flexibility index (Phi) is 6.31. The van der Waals surface area contributed by atoms with Gasteiger partial charge < -0.3 is 19.3 Å². The molecule has 0 unspecified atom stereocenters. The fourth-order valence-electron chi connectivity index (χ4n) is 4.46. The number of benzene rings is 2. The predicted octanol–water partition coefficient (Wildman–Crippen LogP) is 4.63. The Morgan fingerprint density at radius 2 is 1.58 bits per heavy atom. The lowest BCUT2D eigenvalue weighted by Gasteiger charge is -2.43. The van der Waals surface area contributed by atoms with E-state index in [0.29, 0.717) is 23.7 Å². The van der Waals surface area contributed by atoms with Crippen LogP contribution in [0.25, 0.3) is 0 Å². The van der Waals surface area contributed by atoms with Crippen LogP contribution in [0.3, 0.4) is 0 Å². The zero-order valence-electron chi connectivity index (χ0n) is 19.2. The van der Waals surface area contributed by atoms with Crippen molar-refractivity contribution in [3.8, 4) is 11.8 Å². The summed E-state index contributed by atoms with van der Waals surface area (Å²) >= 11 is 0. The molecule has 170 valence electrons. The van der Waals surface area contributed by atoms with Crippen molar-refractivity contribution in [2.75, 3.05) is 24.0 Å². The summed E-state index contributed by atoms with van der Waals surface area (Å²) in [5, 5.41) is 0. The first kappa shape index (κ1) is 22.3. The number of fused-ring (bicyclic) bond motifs is 1. The number of amides is 2. The first-order valence-corrected chi connectivity index (χ1v) is 10.8. The summed E-state index contributed by atoms with van der Waals surface area (Å²) in [6.07, 6.45) is 0.594. The fourth-order valence-corrected chi connectivity index (χ4v) is 4.46. The molecule has 33 heavy (non-hydrogen) atoms. The molecule has 0 aliphatic carbocycles. The number of hydrogen-bond donors (Lipinski definition) is 0. The predicted molar refractivity (Wildman–Crippen MR) is 127 cm³/mol. The van der Waals surface area contributed by atoms with E-state index in [9.17, 15) is 9.59 Å². The molecule has 2 aromatic carbocycles. The topological polar surface area (TPSA) is 72.0 Å². The van der Waals surface area contributed by atoms with E-state index in [0.717, 1.165) is 16.9 Å². The number of nitrogens with zero attached hydrogens (tertiary/aromatic N) is 3. The van der Waals surface area contributed by atoms with Gasteiger partial charge in [-0.3, -0.25) is 9.59 Å². The number of hydrogen-bond acceptors (Lipinski definition) is 5. The third-order valence-corrected chi connectivity index (χ3v) is 5.91. The van der Waals surface area contributed by atoms with Gasteiger partial charge in [0.25, 0.3) is 5.91 Å². The normalized spacial score (nSPS) is 17.2. The molecule has 7 heteroatoms. The molecule has 0 fully saturated rings. The summed E-state index contributed by atoms with van der Waals surface area (Å²) in [5.74, 6) is 0.388. The van der Waals surface area contributed by atoms with Crippen LogP contribution in [0.2, 0.25) is 0 Å². The van der Waals surface area contributed by atoms with Crippen molar-refractivity contribution in [2.24, 2.45) is 0 Å². The molecule has 2 atom stereocenters. The first-order chi connectivity index (χ1) is 15.9. The minimum Gasteiger partial charge on any atom is -0.481 e. The lowest BCUT2D eigenvalue weighted by atomic mass is 9.89. The highest BCUT2D eigenvalue weighted by molar-refractivity contribution is 6.08. The van der Waals surface area contributed by atoms with Crippen molar-refractivity contribution in [1.82, 2.24) is 4.98 Å². The number of rotatable bonds is 5. The summed E-state index contributed by atoms with van der Waals surface area (Å²) in [6.45, 7) is 3.58. The number of aromatic nitrogens is 1. The van der Waals surface area contributed by atoms with Crippen molar-refractivity contribution in [2.45, 2.75) is 32.4 Å². The molecule has 0 saturated carbocycles. The van der Waals surface area contributed by atoms with Gasteiger partial charge in [-0.2, -0.15) is 4.98 Å². The molecular formula is C26H27N3O4. The maximum atomic E-state index is 13.7. The van der Waals surface area contributed by atoms with Gasteiger partial charge in [0.05, 0.1) is 25.8 Å². The molecule has 0 N–H and O–H groups in total. The van der Waals surface area contributed by atoms with Gasteiger partial charge in [0.15, 0.2) is 0 Å². The third kappa shape index (κ3) is 4.26. The highest BCUT2D eigenvalue weighted by Gasteiger charge is 2.38. The van der Waals surface area contributed by atoms with Crippen molar-refractivity contribution in [1.29, 1.82) is 0 Å². The monoisotopic (exact) mass is 445 g/mol. The van der Waals surface area contributed by atoms with E-state index in [-0.39, 0.29) is 23.9 Å². The molecule has 1 aromatic heterocycles. The lowest BCUT2D eigenvalue weighted by Crippen LogP contribution is -2.47. The summed E-state index contributed by atoms with van der Waals surface area (Å²) in [7, 11) is 3.00. The summed E-state index contributed by atoms with van der Waals surface area (Å²) in [5.41, 5.74) is 2.96. The Morgan fingerprint density at radius 1 is 0.970 bits per heavy atom. The molecule has 1 aliphatic rings. The molecule has 4 rings (SSSR count). The fraction of sp³-hybridized carbons (Fsp3) is 0.269.